The highest BCUT2D eigenvalue weighted by Gasteiger charge is 1.94. The van der Waals surface area contributed by atoms with E-state index in [2.05, 4.69) is 50.6 Å². The van der Waals surface area contributed by atoms with Crippen molar-refractivity contribution in [3.63, 3.8) is 0 Å². The summed E-state index contributed by atoms with van der Waals surface area (Å²) >= 11 is 1.71. The van der Waals surface area contributed by atoms with Gasteiger partial charge in [-0.05, 0) is 86.9 Å². The second-order valence-electron chi connectivity index (χ2n) is 7.54. The number of thiophene rings is 1. The number of piperidine rings is 2. The lowest BCUT2D eigenvalue weighted by Gasteiger charge is -2.08. The van der Waals surface area contributed by atoms with E-state index < -0.39 is 0 Å². The number of aromatic nitrogens is 7. The maximum atomic E-state index is 4.58. The summed E-state index contributed by atoms with van der Waals surface area (Å²) in [5.41, 5.74) is 0. The zero-order valence-corrected chi connectivity index (χ0v) is 36.8. The average Bonchev–Trinajstić information content (AvgIpc) is 4.16. The fourth-order valence-electron chi connectivity index (χ4n) is 2.70. The predicted octanol–water partition coefficient (Wildman–Crippen LogP) is 13.1. The van der Waals surface area contributed by atoms with E-state index >= 15 is 0 Å². The molecule has 0 saturated carbocycles. The Kier molecular flexibility index (Phi) is 117. The van der Waals surface area contributed by atoms with E-state index in [0.29, 0.717) is 0 Å². The fraction of sp³-hybridized carbons (Fsp3) is 0.595. The zero-order chi connectivity index (χ0) is 40.9. The highest BCUT2D eigenvalue weighted by Crippen LogP contribution is 1.97. The number of hydrogen-bond acceptors (Lipinski definition) is 9. The van der Waals surface area contributed by atoms with Gasteiger partial charge in [0.2, 0.25) is 0 Å². The monoisotopic (exact) mass is 766 g/mol. The van der Waals surface area contributed by atoms with Crippen LogP contribution in [-0.2, 0) is 0 Å². The normalized spacial score (nSPS) is 10.2. The summed E-state index contributed by atoms with van der Waals surface area (Å²) in [6, 6.07) is 13.4. The molecule has 0 atom stereocenters. The molecule has 2 aliphatic rings. The van der Waals surface area contributed by atoms with Crippen molar-refractivity contribution in [2.24, 2.45) is 0 Å². The van der Waals surface area contributed by atoms with Gasteiger partial charge in [0.05, 0.1) is 24.9 Å². The van der Waals surface area contributed by atoms with E-state index in [-0.39, 0.29) is 7.43 Å². The number of rotatable bonds is 0. The molecule has 2 fully saturated rings. The van der Waals surface area contributed by atoms with Gasteiger partial charge in [-0.15, -0.1) is 0 Å². The first-order valence-corrected chi connectivity index (χ1v) is 20.7. The largest absolute Gasteiger partial charge is 0.473 e. The first-order valence-electron chi connectivity index (χ1n) is 19.8. The van der Waals surface area contributed by atoms with Crippen LogP contribution < -0.4 is 10.6 Å². The van der Waals surface area contributed by atoms with Gasteiger partial charge in [-0.1, -0.05) is 135 Å². The van der Waals surface area contributed by atoms with Crippen LogP contribution in [0.1, 0.15) is 143 Å². The maximum absolute atomic E-state index is 4.58. The minimum absolute atomic E-state index is 0. The van der Waals surface area contributed by atoms with Crippen molar-refractivity contribution < 1.29 is 4.42 Å². The molecule has 0 amide bonds. The van der Waals surface area contributed by atoms with Crippen molar-refractivity contribution in [1.29, 1.82) is 0 Å². The summed E-state index contributed by atoms with van der Waals surface area (Å²) in [6.45, 7) is 33.0. The second kappa shape index (κ2) is 91.9. The number of H-pyrrole nitrogens is 2. The van der Waals surface area contributed by atoms with Crippen LogP contribution in [0.4, 0.5) is 0 Å². The van der Waals surface area contributed by atoms with Crippen LogP contribution in [0.5, 0.6) is 0 Å². The summed E-state index contributed by atoms with van der Waals surface area (Å²) < 4.78 is 4.58. The fourth-order valence-corrected chi connectivity index (χ4v) is 3.16. The van der Waals surface area contributed by atoms with Gasteiger partial charge in [0, 0.05) is 12.4 Å². The number of furan rings is 1. The third-order valence-electron chi connectivity index (χ3n) is 4.49. The molecule has 10 nitrogen and oxygen atoms in total. The Morgan fingerprint density at radius 3 is 0.981 bits per heavy atom. The Balaban J connectivity index is -0.0000000703. The van der Waals surface area contributed by atoms with Crippen molar-refractivity contribution in [1.82, 2.24) is 46.2 Å². The molecule has 5 aromatic heterocycles. The van der Waals surface area contributed by atoms with Crippen LogP contribution in [0, 0.1) is 0 Å². The molecule has 4 N–H and O–H groups in total. The van der Waals surface area contributed by atoms with Crippen molar-refractivity contribution in [2.75, 3.05) is 26.2 Å². The van der Waals surface area contributed by atoms with E-state index in [1.54, 1.807) is 48.7 Å². The number of nitrogens with one attached hydrogen (secondary N) is 4. The minimum atomic E-state index is 0. The van der Waals surface area contributed by atoms with Crippen LogP contribution in [-0.4, -0.2) is 61.8 Å². The Morgan fingerprint density at radius 1 is 0.453 bits per heavy atom. The molecular formula is C42H87N9OS. The third-order valence-corrected chi connectivity index (χ3v) is 5.12. The third kappa shape index (κ3) is 88.0. The highest BCUT2D eigenvalue weighted by atomic mass is 32.1. The van der Waals surface area contributed by atoms with Crippen LogP contribution in [0.2, 0.25) is 0 Å². The van der Waals surface area contributed by atoms with Gasteiger partial charge >= 0.3 is 0 Å². The molecule has 7 heterocycles. The number of aromatic amines is 2. The first-order chi connectivity index (χ1) is 26.0. The molecule has 0 aliphatic carbocycles. The standard InChI is InChI=1S/2C5H11N.C5H5N.C4H4O.C4H4S.2C2H3N3.7C2H6.CH4/c3*1-2-4-6-5-3-1;2*1-2-4-5-3-1;1-3-2-5-4-1;1-2-4-5-3-1;7*1-2;/h2*6H,1-5H2;1-5H;2*1-4H;2*1-2H,(H,3,4,5);7*1-2H3;1H4. The summed E-state index contributed by atoms with van der Waals surface area (Å²) in [5, 5.41) is 26.0. The van der Waals surface area contributed by atoms with Crippen LogP contribution in [0.15, 0.2) is 108 Å². The van der Waals surface area contributed by atoms with Gasteiger partial charge in [-0.3, -0.25) is 10.1 Å². The van der Waals surface area contributed by atoms with Gasteiger partial charge in [0.15, 0.2) is 0 Å². The number of hydrogen-bond donors (Lipinski definition) is 4. The molecule has 2 saturated heterocycles. The molecule has 0 radical (unpaired) electrons. The maximum Gasteiger partial charge on any atom is 0.137 e. The van der Waals surface area contributed by atoms with E-state index in [4.69, 9.17) is 0 Å². The van der Waals surface area contributed by atoms with Gasteiger partial charge < -0.3 is 15.1 Å². The molecule has 0 spiro atoms. The van der Waals surface area contributed by atoms with Crippen LogP contribution >= 0.6 is 11.3 Å². The predicted molar refractivity (Wildman–Crippen MR) is 240 cm³/mol. The molecule has 11 heteroatoms. The molecule has 7 rings (SSSR count). The van der Waals surface area contributed by atoms with Gasteiger partial charge in [-0.2, -0.15) is 31.8 Å². The van der Waals surface area contributed by atoms with E-state index in [1.165, 1.54) is 77.4 Å². The van der Waals surface area contributed by atoms with E-state index in [1.807, 2.05) is 150 Å². The van der Waals surface area contributed by atoms with Crippen molar-refractivity contribution in [2.45, 2.75) is 143 Å². The van der Waals surface area contributed by atoms with Crippen LogP contribution in [0.3, 0.4) is 0 Å². The van der Waals surface area contributed by atoms with E-state index in [9.17, 15) is 0 Å². The van der Waals surface area contributed by atoms with Crippen LogP contribution in [0.25, 0.3) is 0 Å². The zero-order valence-electron chi connectivity index (χ0n) is 35.9. The average molecular weight is 766 g/mol. The Morgan fingerprint density at radius 2 is 0.868 bits per heavy atom. The first kappa shape index (κ1) is 67.5. The molecule has 53 heavy (non-hydrogen) atoms. The lowest BCUT2D eigenvalue weighted by Crippen LogP contribution is -2.21. The lowest BCUT2D eigenvalue weighted by molar-refractivity contribution is 0.520. The molecule has 312 valence electrons. The molecule has 0 unspecified atom stereocenters. The Bertz CT molecular complexity index is 699. The molecule has 0 bridgehead atoms. The molecular weight excluding hydrogens is 679 g/mol. The molecule has 2 aliphatic heterocycles. The van der Waals surface area contributed by atoms with Gasteiger partial charge in [0.25, 0.3) is 0 Å². The highest BCUT2D eigenvalue weighted by molar-refractivity contribution is 7.07. The molecule has 5 aromatic rings. The summed E-state index contributed by atoms with van der Waals surface area (Å²) in [4.78, 5) is 7.34. The summed E-state index contributed by atoms with van der Waals surface area (Å²) in [6.07, 6.45) is 21.3. The van der Waals surface area contributed by atoms with Gasteiger partial charge in [-0.25, -0.2) is 4.98 Å². The van der Waals surface area contributed by atoms with Crippen molar-refractivity contribution in [3.05, 3.63) is 103 Å². The smallest absolute Gasteiger partial charge is 0.137 e. The number of nitrogens with zero attached hydrogens (tertiary/aromatic N) is 5. The van der Waals surface area contributed by atoms with Crippen molar-refractivity contribution >= 4 is 11.3 Å². The van der Waals surface area contributed by atoms with Crippen molar-refractivity contribution in [3.8, 4) is 0 Å². The summed E-state index contributed by atoms with van der Waals surface area (Å²) in [7, 11) is 0. The Labute approximate surface area is 333 Å². The van der Waals surface area contributed by atoms with E-state index in [0.717, 1.165) is 0 Å². The quantitative estimate of drug-likeness (QED) is 0.122. The summed E-state index contributed by atoms with van der Waals surface area (Å²) in [5.74, 6) is 0. The minimum Gasteiger partial charge on any atom is -0.473 e. The van der Waals surface area contributed by atoms with Gasteiger partial charge in [0.1, 0.15) is 12.7 Å². The Hall–Kier alpha value is -3.67. The topological polar surface area (TPSA) is 133 Å². The second-order valence-corrected chi connectivity index (χ2v) is 8.36. The SMILES string of the molecule is C.C1CCNCC1.C1CCNCC1.CC.CC.CC.CC.CC.CC.CC.c1ccncc1.c1ccoc1.c1ccsc1.c1cn[nH]n1.c1nc[nH]n1. The number of pyridine rings is 1. The molecule has 0 aromatic carbocycles. The lowest BCUT2D eigenvalue weighted by atomic mass is 10.2.